The first kappa shape index (κ1) is 19.1. The van der Waals surface area contributed by atoms with Gasteiger partial charge in [0.05, 0.1) is 5.92 Å². The Morgan fingerprint density at radius 2 is 1.75 bits per heavy atom. The number of hydrogen-bond acceptors (Lipinski definition) is 2. The fourth-order valence-electron chi connectivity index (χ4n) is 3.79. The van der Waals surface area contributed by atoms with Crippen LogP contribution in [0.4, 0.5) is 4.79 Å². The van der Waals surface area contributed by atoms with Crippen LogP contribution in [0.1, 0.15) is 65.7 Å². The number of rotatable bonds is 6. The minimum atomic E-state index is -0.0174. The number of likely N-dealkylation sites (tertiary alicyclic amines) is 2. The van der Waals surface area contributed by atoms with Crippen LogP contribution >= 0.6 is 0 Å². The van der Waals surface area contributed by atoms with E-state index in [0.717, 1.165) is 71.1 Å². The third-order valence-corrected chi connectivity index (χ3v) is 5.58. The molecule has 0 N–H and O–H groups in total. The molecule has 0 aromatic rings. The molecule has 0 bridgehead atoms. The summed E-state index contributed by atoms with van der Waals surface area (Å²) in [6.07, 6.45) is 7.23. The Morgan fingerprint density at radius 1 is 1.08 bits per heavy atom. The summed E-state index contributed by atoms with van der Waals surface area (Å²) >= 11 is 0. The van der Waals surface area contributed by atoms with Gasteiger partial charge in [0.15, 0.2) is 0 Å². The zero-order chi connectivity index (χ0) is 17.5. The molecule has 5 nitrogen and oxygen atoms in total. The lowest BCUT2D eigenvalue weighted by Crippen LogP contribution is -2.51. The van der Waals surface area contributed by atoms with E-state index >= 15 is 0 Å². The summed E-state index contributed by atoms with van der Waals surface area (Å²) in [5.74, 6) is 0.243. The topological polar surface area (TPSA) is 43.9 Å². The highest BCUT2D eigenvalue weighted by Gasteiger charge is 2.34. The zero-order valence-corrected chi connectivity index (χ0v) is 15.8. The van der Waals surface area contributed by atoms with Crippen LogP contribution in [0.2, 0.25) is 0 Å². The Bertz CT molecular complexity index is 421. The van der Waals surface area contributed by atoms with Crippen molar-refractivity contribution < 1.29 is 9.59 Å². The molecule has 2 aliphatic rings. The molecule has 3 amide bonds. The number of hydrogen-bond donors (Lipinski definition) is 0. The van der Waals surface area contributed by atoms with Crippen LogP contribution in [0, 0.1) is 5.92 Å². The number of urea groups is 1. The molecule has 0 aromatic heterocycles. The molecule has 24 heavy (non-hydrogen) atoms. The van der Waals surface area contributed by atoms with E-state index in [1.54, 1.807) is 0 Å². The quantitative estimate of drug-likeness (QED) is 0.746. The molecule has 0 radical (unpaired) electrons. The number of carbonyl (C=O) groups is 2. The van der Waals surface area contributed by atoms with Gasteiger partial charge in [0.1, 0.15) is 0 Å². The lowest BCUT2D eigenvalue weighted by atomic mass is 9.95. The van der Waals surface area contributed by atoms with Crippen LogP contribution in [-0.4, -0.2) is 65.4 Å². The first-order valence-corrected chi connectivity index (χ1v) is 9.92. The van der Waals surface area contributed by atoms with Gasteiger partial charge in [-0.2, -0.15) is 0 Å². The molecule has 0 aromatic carbocycles. The molecule has 2 saturated heterocycles. The molecule has 2 heterocycles. The smallest absolute Gasteiger partial charge is 0.320 e. The van der Waals surface area contributed by atoms with Crippen molar-refractivity contribution in [3.63, 3.8) is 0 Å². The molecule has 0 spiro atoms. The van der Waals surface area contributed by atoms with Crippen molar-refractivity contribution in [3.05, 3.63) is 0 Å². The van der Waals surface area contributed by atoms with E-state index in [-0.39, 0.29) is 23.9 Å². The largest absolute Gasteiger partial charge is 0.340 e. The Kier molecular flexibility index (Phi) is 7.38. The predicted molar refractivity (Wildman–Crippen MR) is 96.9 cm³/mol. The Hall–Kier alpha value is -1.26. The number of nitrogens with zero attached hydrogens (tertiary/aromatic N) is 3. The first-order valence-electron chi connectivity index (χ1n) is 9.92. The lowest BCUT2D eigenvalue weighted by molar-refractivity contribution is -0.139. The van der Waals surface area contributed by atoms with Gasteiger partial charge in [-0.3, -0.25) is 4.79 Å². The van der Waals surface area contributed by atoms with Gasteiger partial charge in [-0.15, -0.1) is 0 Å². The van der Waals surface area contributed by atoms with Crippen molar-refractivity contribution in [2.24, 2.45) is 5.92 Å². The molecular formula is C19H35N3O2. The van der Waals surface area contributed by atoms with Crippen LogP contribution in [0.5, 0.6) is 0 Å². The van der Waals surface area contributed by atoms with Crippen LogP contribution in [-0.2, 0) is 4.79 Å². The van der Waals surface area contributed by atoms with Gasteiger partial charge in [0, 0.05) is 38.8 Å². The second kappa shape index (κ2) is 9.28. The molecule has 2 aliphatic heterocycles. The van der Waals surface area contributed by atoms with Gasteiger partial charge in [0.2, 0.25) is 5.91 Å². The van der Waals surface area contributed by atoms with Gasteiger partial charge >= 0.3 is 6.03 Å². The average molecular weight is 338 g/mol. The Balaban J connectivity index is 1.98. The van der Waals surface area contributed by atoms with Crippen LogP contribution in [0.3, 0.4) is 0 Å². The summed E-state index contributed by atoms with van der Waals surface area (Å²) in [6, 6.07) is 0.433. The molecule has 5 heteroatoms. The van der Waals surface area contributed by atoms with Gasteiger partial charge in [-0.1, -0.05) is 20.3 Å². The summed E-state index contributed by atoms with van der Waals surface area (Å²) in [5.41, 5.74) is 0. The molecule has 2 unspecified atom stereocenters. The average Bonchev–Trinajstić information content (AvgIpc) is 3.15. The highest BCUT2D eigenvalue weighted by Crippen LogP contribution is 2.23. The van der Waals surface area contributed by atoms with Crippen LogP contribution in [0.25, 0.3) is 0 Å². The molecule has 2 rings (SSSR count). The third-order valence-electron chi connectivity index (χ3n) is 5.58. The monoisotopic (exact) mass is 337 g/mol. The number of unbranched alkanes of at least 4 members (excludes halogenated alkanes) is 1. The number of carbonyl (C=O) groups excluding carboxylic acids is 2. The second-order valence-corrected chi connectivity index (χ2v) is 7.40. The number of piperidine rings is 1. The van der Waals surface area contributed by atoms with Crippen molar-refractivity contribution >= 4 is 11.9 Å². The van der Waals surface area contributed by atoms with Gasteiger partial charge in [-0.05, 0) is 45.4 Å². The van der Waals surface area contributed by atoms with E-state index in [0.29, 0.717) is 6.54 Å². The maximum atomic E-state index is 13.1. The second-order valence-electron chi connectivity index (χ2n) is 7.40. The third kappa shape index (κ3) is 4.64. The summed E-state index contributed by atoms with van der Waals surface area (Å²) in [6.45, 7) is 10.5. The molecule has 2 fully saturated rings. The number of amides is 3. The first-order chi connectivity index (χ1) is 11.6. The highest BCUT2D eigenvalue weighted by atomic mass is 16.2. The van der Waals surface area contributed by atoms with Crippen molar-refractivity contribution in [3.8, 4) is 0 Å². The molecule has 2 atom stereocenters. The van der Waals surface area contributed by atoms with E-state index in [4.69, 9.17) is 0 Å². The maximum Gasteiger partial charge on any atom is 0.320 e. The summed E-state index contributed by atoms with van der Waals surface area (Å²) in [5, 5.41) is 0. The van der Waals surface area contributed by atoms with E-state index in [1.807, 2.05) is 9.80 Å². The summed E-state index contributed by atoms with van der Waals surface area (Å²) in [7, 11) is 0. The van der Waals surface area contributed by atoms with Crippen molar-refractivity contribution in [1.82, 2.24) is 14.7 Å². The minimum Gasteiger partial charge on any atom is -0.340 e. The molecule has 0 aliphatic carbocycles. The standard InChI is InChI=1S/C19H35N3O2/c1-4-6-14-22(16(3)5-2)18(23)17-10-9-13-21(15-17)19(24)20-11-7-8-12-20/h16-17H,4-15H2,1-3H3. The van der Waals surface area contributed by atoms with E-state index in [2.05, 4.69) is 25.7 Å². The van der Waals surface area contributed by atoms with E-state index in [1.165, 1.54) is 0 Å². The SMILES string of the molecule is CCCCN(C(=O)C1CCCN(C(=O)N2CCCC2)C1)C(C)CC. The van der Waals surface area contributed by atoms with Crippen molar-refractivity contribution in [2.75, 3.05) is 32.7 Å². The van der Waals surface area contributed by atoms with Crippen LogP contribution in [0.15, 0.2) is 0 Å². The summed E-state index contributed by atoms with van der Waals surface area (Å²) < 4.78 is 0. The van der Waals surface area contributed by atoms with Crippen molar-refractivity contribution in [2.45, 2.75) is 71.8 Å². The molecule has 138 valence electrons. The fourth-order valence-corrected chi connectivity index (χ4v) is 3.79. The van der Waals surface area contributed by atoms with Crippen molar-refractivity contribution in [1.29, 1.82) is 0 Å². The van der Waals surface area contributed by atoms with Gasteiger partial charge in [0.25, 0.3) is 0 Å². The van der Waals surface area contributed by atoms with Gasteiger partial charge < -0.3 is 14.7 Å². The van der Waals surface area contributed by atoms with Crippen LogP contribution < -0.4 is 0 Å². The lowest BCUT2D eigenvalue weighted by Gasteiger charge is -2.38. The highest BCUT2D eigenvalue weighted by molar-refractivity contribution is 5.81. The van der Waals surface area contributed by atoms with E-state index < -0.39 is 0 Å². The zero-order valence-electron chi connectivity index (χ0n) is 15.8. The predicted octanol–water partition coefficient (Wildman–Crippen LogP) is 3.34. The Morgan fingerprint density at radius 3 is 2.38 bits per heavy atom. The maximum absolute atomic E-state index is 13.1. The summed E-state index contributed by atoms with van der Waals surface area (Å²) in [4.78, 5) is 31.6. The fraction of sp³-hybridized carbons (Fsp3) is 0.895. The minimum absolute atomic E-state index is 0.0174. The Labute approximate surface area is 147 Å². The molecule has 0 saturated carbocycles. The molecular weight excluding hydrogens is 302 g/mol. The van der Waals surface area contributed by atoms with E-state index in [9.17, 15) is 9.59 Å². The van der Waals surface area contributed by atoms with Gasteiger partial charge in [-0.25, -0.2) is 4.79 Å². The normalized spacial score (nSPS) is 22.5.